The van der Waals surface area contributed by atoms with Gasteiger partial charge in [-0.1, -0.05) is 0 Å². The average Bonchev–Trinajstić information content (AvgIpc) is 3.16. The van der Waals surface area contributed by atoms with Crippen LogP contribution in [0.15, 0.2) is 12.4 Å². The van der Waals surface area contributed by atoms with Crippen LogP contribution in [0.25, 0.3) is 0 Å². The summed E-state index contributed by atoms with van der Waals surface area (Å²) in [5, 5.41) is 3.67. The Morgan fingerprint density at radius 2 is 2.35 bits per heavy atom. The molecule has 0 aromatic carbocycles. The number of hydrogen-bond acceptors (Lipinski definition) is 4. The minimum absolute atomic E-state index is 0.722. The van der Waals surface area contributed by atoms with Gasteiger partial charge in [-0.3, -0.25) is 0 Å². The van der Waals surface area contributed by atoms with E-state index in [9.17, 15) is 0 Å². The topological polar surface area (TPSA) is 42.3 Å². The first kappa shape index (κ1) is 13.9. The highest BCUT2D eigenvalue weighted by molar-refractivity contribution is 5.32. The lowest BCUT2D eigenvalue weighted by Gasteiger charge is -2.36. The first-order chi connectivity index (χ1) is 9.88. The maximum atomic E-state index is 5.18. The highest BCUT2D eigenvalue weighted by atomic mass is 16.5. The largest absolute Gasteiger partial charge is 0.383 e. The van der Waals surface area contributed by atoms with E-state index < -0.39 is 0 Å². The van der Waals surface area contributed by atoms with E-state index >= 15 is 0 Å². The van der Waals surface area contributed by atoms with Crippen molar-refractivity contribution < 1.29 is 4.74 Å². The SMILES string of the molecule is COCCn1ccnc1N1CCCC(C2CCCN2)C1. The van der Waals surface area contributed by atoms with Crippen LogP contribution in [0.4, 0.5) is 5.95 Å². The number of nitrogens with one attached hydrogen (secondary N) is 1. The Balaban J connectivity index is 1.65. The molecule has 3 rings (SSSR count). The fourth-order valence-electron chi connectivity index (χ4n) is 3.58. The molecule has 0 radical (unpaired) electrons. The van der Waals surface area contributed by atoms with Gasteiger partial charge < -0.3 is 19.5 Å². The Kier molecular flexibility index (Phi) is 4.58. The van der Waals surface area contributed by atoms with Crippen molar-refractivity contribution in [1.82, 2.24) is 14.9 Å². The van der Waals surface area contributed by atoms with E-state index in [1.807, 2.05) is 6.20 Å². The summed E-state index contributed by atoms with van der Waals surface area (Å²) in [5.41, 5.74) is 0. The van der Waals surface area contributed by atoms with Crippen molar-refractivity contribution in [2.45, 2.75) is 38.3 Å². The Labute approximate surface area is 121 Å². The number of hydrogen-bond donors (Lipinski definition) is 1. The second kappa shape index (κ2) is 6.59. The lowest BCUT2D eigenvalue weighted by Crippen LogP contribution is -2.44. The molecule has 2 aliphatic rings. The molecule has 1 N–H and O–H groups in total. The second-order valence-electron chi connectivity index (χ2n) is 5.96. The van der Waals surface area contributed by atoms with E-state index in [-0.39, 0.29) is 0 Å². The van der Waals surface area contributed by atoms with Gasteiger partial charge in [0.25, 0.3) is 0 Å². The molecule has 1 aromatic rings. The van der Waals surface area contributed by atoms with Gasteiger partial charge in [-0.05, 0) is 38.1 Å². The van der Waals surface area contributed by atoms with E-state index in [4.69, 9.17) is 4.74 Å². The first-order valence-electron chi connectivity index (χ1n) is 7.87. The van der Waals surface area contributed by atoms with Crippen molar-refractivity contribution >= 4 is 5.95 Å². The van der Waals surface area contributed by atoms with Crippen LogP contribution in [0.3, 0.4) is 0 Å². The molecule has 2 atom stereocenters. The molecule has 0 amide bonds. The van der Waals surface area contributed by atoms with Crippen LogP contribution in [0.2, 0.25) is 0 Å². The van der Waals surface area contributed by atoms with Gasteiger partial charge in [-0.2, -0.15) is 0 Å². The average molecular weight is 278 g/mol. The molecular formula is C15H26N4O. The van der Waals surface area contributed by atoms with Crippen molar-refractivity contribution in [3.8, 4) is 0 Å². The zero-order valence-corrected chi connectivity index (χ0v) is 12.4. The summed E-state index contributed by atoms with van der Waals surface area (Å²) in [6, 6.07) is 0.722. The zero-order valence-electron chi connectivity index (χ0n) is 12.4. The number of aromatic nitrogens is 2. The second-order valence-corrected chi connectivity index (χ2v) is 5.96. The number of anilines is 1. The van der Waals surface area contributed by atoms with Crippen molar-refractivity contribution in [3.05, 3.63) is 12.4 Å². The van der Waals surface area contributed by atoms with Crippen LogP contribution < -0.4 is 10.2 Å². The van der Waals surface area contributed by atoms with Gasteiger partial charge in [-0.25, -0.2) is 4.98 Å². The van der Waals surface area contributed by atoms with Gasteiger partial charge in [-0.15, -0.1) is 0 Å². The molecule has 5 heteroatoms. The van der Waals surface area contributed by atoms with Gasteiger partial charge in [0, 0.05) is 45.2 Å². The molecule has 0 bridgehead atoms. The molecule has 0 spiro atoms. The number of piperidine rings is 1. The fraction of sp³-hybridized carbons (Fsp3) is 0.800. The molecule has 2 aliphatic heterocycles. The molecule has 0 aliphatic carbocycles. The lowest BCUT2D eigenvalue weighted by atomic mass is 9.90. The standard InChI is InChI=1S/C15H26N4O/c1-20-11-10-18-9-7-17-15(18)19-8-3-4-13(12-19)14-5-2-6-16-14/h7,9,13-14,16H,2-6,8,10-12H2,1H3. The van der Waals surface area contributed by atoms with Crippen molar-refractivity contribution in [2.75, 3.05) is 38.3 Å². The maximum absolute atomic E-state index is 5.18. The lowest BCUT2D eigenvalue weighted by molar-refractivity contribution is 0.187. The van der Waals surface area contributed by atoms with Crippen LogP contribution in [-0.2, 0) is 11.3 Å². The molecule has 2 saturated heterocycles. The molecule has 20 heavy (non-hydrogen) atoms. The van der Waals surface area contributed by atoms with Crippen LogP contribution in [0, 0.1) is 5.92 Å². The third kappa shape index (κ3) is 2.99. The van der Waals surface area contributed by atoms with Gasteiger partial charge in [0.1, 0.15) is 0 Å². The summed E-state index contributed by atoms with van der Waals surface area (Å²) in [4.78, 5) is 7.03. The Bertz CT molecular complexity index is 414. The fourth-order valence-corrected chi connectivity index (χ4v) is 3.58. The highest BCUT2D eigenvalue weighted by Crippen LogP contribution is 2.27. The number of rotatable bonds is 5. The summed E-state index contributed by atoms with van der Waals surface area (Å²) in [6.07, 6.45) is 9.28. The summed E-state index contributed by atoms with van der Waals surface area (Å²) in [6.45, 7) is 5.10. The summed E-state index contributed by atoms with van der Waals surface area (Å²) in [7, 11) is 1.75. The van der Waals surface area contributed by atoms with E-state index in [2.05, 4.69) is 26.0 Å². The summed E-state index contributed by atoms with van der Waals surface area (Å²) >= 11 is 0. The normalized spacial score (nSPS) is 27.1. The maximum Gasteiger partial charge on any atom is 0.205 e. The molecule has 5 nitrogen and oxygen atoms in total. The van der Waals surface area contributed by atoms with Crippen LogP contribution in [-0.4, -0.2) is 48.9 Å². The number of imidazole rings is 1. The predicted molar refractivity (Wildman–Crippen MR) is 80.1 cm³/mol. The van der Waals surface area contributed by atoms with Crippen LogP contribution in [0.5, 0.6) is 0 Å². The third-order valence-electron chi connectivity index (χ3n) is 4.64. The molecule has 2 unspecified atom stereocenters. The van der Waals surface area contributed by atoms with Crippen molar-refractivity contribution in [1.29, 1.82) is 0 Å². The van der Waals surface area contributed by atoms with Gasteiger partial charge >= 0.3 is 0 Å². The minimum atomic E-state index is 0.722. The third-order valence-corrected chi connectivity index (χ3v) is 4.64. The molecule has 2 fully saturated rings. The van der Waals surface area contributed by atoms with Crippen LogP contribution >= 0.6 is 0 Å². The molecule has 112 valence electrons. The van der Waals surface area contributed by atoms with E-state index in [1.54, 1.807) is 7.11 Å². The molecule has 3 heterocycles. The monoisotopic (exact) mass is 278 g/mol. The molecular weight excluding hydrogens is 252 g/mol. The molecule has 1 aromatic heterocycles. The predicted octanol–water partition coefficient (Wildman–Crippen LogP) is 1.50. The van der Waals surface area contributed by atoms with Gasteiger partial charge in [0.2, 0.25) is 5.95 Å². The summed E-state index contributed by atoms with van der Waals surface area (Å²) in [5.74, 6) is 1.89. The first-order valence-corrected chi connectivity index (χ1v) is 7.87. The van der Waals surface area contributed by atoms with Crippen molar-refractivity contribution in [3.63, 3.8) is 0 Å². The number of ether oxygens (including phenoxy) is 1. The number of nitrogens with zero attached hydrogens (tertiary/aromatic N) is 3. The Morgan fingerprint density at radius 1 is 1.40 bits per heavy atom. The summed E-state index contributed by atoms with van der Waals surface area (Å²) < 4.78 is 7.40. The minimum Gasteiger partial charge on any atom is -0.383 e. The van der Waals surface area contributed by atoms with E-state index in [1.165, 1.54) is 32.2 Å². The van der Waals surface area contributed by atoms with Gasteiger partial charge in [0.15, 0.2) is 0 Å². The quantitative estimate of drug-likeness (QED) is 0.886. The van der Waals surface area contributed by atoms with E-state index in [0.29, 0.717) is 0 Å². The van der Waals surface area contributed by atoms with E-state index in [0.717, 1.165) is 44.1 Å². The van der Waals surface area contributed by atoms with Gasteiger partial charge in [0.05, 0.1) is 6.61 Å². The number of methoxy groups -OCH3 is 1. The van der Waals surface area contributed by atoms with Crippen molar-refractivity contribution in [2.24, 2.45) is 5.92 Å². The Morgan fingerprint density at radius 3 is 3.15 bits per heavy atom. The smallest absolute Gasteiger partial charge is 0.205 e. The molecule has 0 saturated carbocycles. The Hall–Kier alpha value is -1.07. The van der Waals surface area contributed by atoms with Crippen LogP contribution in [0.1, 0.15) is 25.7 Å². The highest BCUT2D eigenvalue weighted by Gasteiger charge is 2.30. The zero-order chi connectivity index (χ0) is 13.8.